The standard InChI is InChI=1S/C32H38BrNO4S/c1-4-5-12-26(19-23-10-8-11-25(33)18-23)38-21-24-14-15-28(29(20-24)27-13-7-6-9-22(27)2)31(35)34-30(32(36)37)16-17-39-3/h6-11,13-15,18,20,26,30H,4-5,12,16-17,19,21H2,1-3H3,(H,34,35)(H,36,37)/t26-,30-/m0/s1. The summed E-state index contributed by atoms with van der Waals surface area (Å²) < 4.78 is 7.50. The maximum Gasteiger partial charge on any atom is 0.326 e. The first-order valence-corrected chi connectivity index (χ1v) is 15.6. The van der Waals surface area contributed by atoms with Crippen molar-refractivity contribution in [1.29, 1.82) is 0 Å². The number of hydrogen-bond acceptors (Lipinski definition) is 4. The Kier molecular flexibility index (Phi) is 12.6. The molecule has 208 valence electrons. The SMILES string of the molecule is CCCC[C@@H](Cc1cccc(Br)c1)OCc1ccc(C(=O)N[C@@H](CCSC)C(=O)O)c(-c2ccccc2C)c1. The fourth-order valence-electron chi connectivity index (χ4n) is 4.52. The lowest BCUT2D eigenvalue weighted by Crippen LogP contribution is -2.41. The Hall–Kier alpha value is -2.61. The van der Waals surface area contributed by atoms with E-state index in [4.69, 9.17) is 4.74 Å². The molecule has 2 N–H and O–H groups in total. The quantitative estimate of drug-likeness (QED) is 0.184. The van der Waals surface area contributed by atoms with Gasteiger partial charge in [-0.15, -0.1) is 0 Å². The molecule has 0 saturated heterocycles. The second kappa shape index (κ2) is 15.8. The monoisotopic (exact) mass is 611 g/mol. The third-order valence-corrected chi connectivity index (χ3v) is 7.83. The molecule has 0 bridgehead atoms. The molecule has 0 aliphatic carbocycles. The number of aryl methyl sites for hydroxylation is 1. The molecule has 2 atom stereocenters. The Morgan fingerprint density at radius 2 is 1.79 bits per heavy atom. The van der Waals surface area contributed by atoms with Gasteiger partial charge in [-0.1, -0.05) is 78.2 Å². The molecule has 0 saturated carbocycles. The topological polar surface area (TPSA) is 75.6 Å². The molecule has 7 heteroatoms. The van der Waals surface area contributed by atoms with Crippen molar-refractivity contribution >= 4 is 39.6 Å². The van der Waals surface area contributed by atoms with Crippen molar-refractivity contribution in [3.63, 3.8) is 0 Å². The Bertz CT molecular complexity index is 1250. The van der Waals surface area contributed by atoms with Gasteiger partial charge in [-0.3, -0.25) is 4.79 Å². The van der Waals surface area contributed by atoms with Crippen molar-refractivity contribution in [2.45, 2.75) is 64.7 Å². The van der Waals surface area contributed by atoms with Crippen LogP contribution in [0.3, 0.4) is 0 Å². The Balaban J connectivity index is 1.86. The van der Waals surface area contributed by atoms with E-state index in [1.807, 2.05) is 61.7 Å². The number of rotatable bonds is 15. The molecule has 0 spiro atoms. The van der Waals surface area contributed by atoms with Crippen LogP contribution in [0.2, 0.25) is 0 Å². The highest BCUT2D eigenvalue weighted by Crippen LogP contribution is 2.29. The van der Waals surface area contributed by atoms with Crippen molar-refractivity contribution in [3.8, 4) is 11.1 Å². The van der Waals surface area contributed by atoms with Crippen LogP contribution in [0.5, 0.6) is 0 Å². The highest BCUT2D eigenvalue weighted by molar-refractivity contribution is 9.10. The molecule has 39 heavy (non-hydrogen) atoms. The molecule has 0 heterocycles. The summed E-state index contributed by atoms with van der Waals surface area (Å²) in [6.45, 7) is 4.62. The van der Waals surface area contributed by atoms with E-state index >= 15 is 0 Å². The molecule has 5 nitrogen and oxygen atoms in total. The number of halogens is 1. The molecule has 0 aliphatic rings. The smallest absolute Gasteiger partial charge is 0.326 e. The number of carbonyl (C=O) groups is 2. The van der Waals surface area contributed by atoms with Crippen LogP contribution in [0, 0.1) is 6.92 Å². The van der Waals surface area contributed by atoms with Crippen molar-refractivity contribution < 1.29 is 19.4 Å². The van der Waals surface area contributed by atoms with Gasteiger partial charge in [0.15, 0.2) is 0 Å². The molecule has 0 aliphatic heterocycles. The normalized spacial score (nSPS) is 12.6. The van der Waals surface area contributed by atoms with Crippen LogP contribution in [-0.4, -0.2) is 41.1 Å². The maximum absolute atomic E-state index is 13.3. The van der Waals surface area contributed by atoms with E-state index < -0.39 is 12.0 Å². The number of hydrogen-bond donors (Lipinski definition) is 2. The molecule has 0 aromatic heterocycles. The van der Waals surface area contributed by atoms with Crippen LogP contribution in [0.25, 0.3) is 11.1 Å². The third-order valence-electron chi connectivity index (χ3n) is 6.70. The largest absolute Gasteiger partial charge is 0.480 e. The molecular formula is C32H38BrNO4S. The second-order valence-electron chi connectivity index (χ2n) is 9.75. The number of thioether (sulfide) groups is 1. The summed E-state index contributed by atoms with van der Waals surface area (Å²) in [7, 11) is 0. The van der Waals surface area contributed by atoms with E-state index in [0.29, 0.717) is 24.3 Å². The van der Waals surface area contributed by atoms with E-state index in [1.165, 1.54) is 5.56 Å². The molecule has 1 amide bonds. The number of unbranched alkanes of at least 4 members (excludes halogenated alkanes) is 1. The van der Waals surface area contributed by atoms with E-state index in [1.54, 1.807) is 17.8 Å². The molecule has 0 radical (unpaired) electrons. The molecule has 0 unspecified atom stereocenters. The van der Waals surface area contributed by atoms with E-state index in [2.05, 4.69) is 40.3 Å². The number of aliphatic carboxylic acids is 1. The second-order valence-corrected chi connectivity index (χ2v) is 11.7. The van der Waals surface area contributed by atoms with Crippen LogP contribution in [0.1, 0.15) is 59.7 Å². The first-order valence-electron chi connectivity index (χ1n) is 13.4. The average molecular weight is 613 g/mol. The lowest BCUT2D eigenvalue weighted by Gasteiger charge is -2.20. The van der Waals surface area contributed by atoms with Gasteiger partial charge in [0.25, 0.3) is 5.91 Å². The van der Waals surface area contributed by atoms with Crippen LogP contribution in [0.4, 0.5) is 0 Å². The summed E-state index contributed by atoms with van der Waals surface area (Å²) in [5.41, 5.74) is 5.41. The zero-order valence-electron chi connectivity index (χ0n) is 22.9. The first kappa shape index (κ1) is 30.9. The van der Waals surface area contributed by atoms with E-state index in [-0.39, 0.29) is 12.0 Å². The fraction of sp³-hybridized carbons (Fsp3) is 0.375. The molecule has 3 rings (SSSR count). The zero-order chi connectivity index (χ0) is 28.2. The number of ether oxygens (including phenoxy) is 1. The lowest BCUT2D eigenvalue weighted by molar-refractivity contribution is -0.139. The van der Waals surface area contributed by atoms with Gasteiger partial charge < -0.3 is 15.2 Å². The number of carboxylic acid groups (broad SMARTS) is 1. The minimum Gasteiger partial charge on any atom is -0.480 e. The third kappa shape index (κ3) is 9.52. The van der Waals surface area contributed by atoms with Gasteiger partial charge in [-0.2, -0.15) is 11.8 Å². The van der Waals surface area contributed by atoms with Crippen LogP contribution < -0.4 is 5.32 Å². The predicted octanol–water partition coefficient (Wildman–Crippen LogP) is 7.68. The zero-order valence-corrected chi connectivity index (χ0v) is 25.3. The molecule has 3 aromatic rings. The van der Waals surface area contributed by atoms with Gasteiger partial charge in [0, 0.05) is 10.0 Å². The summed E-state index contributed by atoms with van der Waals surface area (Å²) in [6, 6.07) is 21.0. The van der Waals surface area contributed by atoms with Gasteiger partial charge in [-0.05, 0) is 90.3 Å². The minimum atomic E-state index is -1.02. The Labute approximate surface area is 244 Å². The van der Waals surface area contributed by atoms with E-state index in [9.17, 15) is 14.7 Å². The van der Waals surface area contributed by atoms with Crippen molar-refractivity contribution in [2.24, 2.45) is 0 Å². The van der Waals surface area contributed by atoms with Gasteiger partial charge >= 0.3 is 5.97 Å². The summed E-state index contributed by atoms with van der Waals surface area (Å²) in [4.78, 5) is 25.1. The van der Waals surface area contributed by atoms with Gasteiger partial charge in [-0.25, -0.2) is 4.79 Å². The predicted molar refractivity (Wildman–Crippen MR) is 164 cm³/mol. The number of benzene rings is 3. The van der Waals surface area contributed by atoms with E-state index in [0.717, 1.165) is 52.4 Å². The van der Waals surface area contributed by atoms with Crippen molar-refractivity contribution in [2.75, 3.05) is 12.0 Å². The minimum absolute atomic E-state index is 0.0805. The number of carboxylic acids is 1. The maximum atomic E-state index is 13.3. The summed E-state index contributed by atoms with van der Waals surface area (Å²) in [6.07, 6.45) is 6.37. The van der Waals surface area contributed by atoms with Gasteiger partial charge in [0.1, 0.15) is 6.04 Å². The average Bonchev–Trinajstić information content (AvgIpc) is 2.92. The Morgan fingerprint density at radius 3 is 2.49 bits per heavy atom. The number of amides is 1. The molecular weight excluding hydrogens is 574 g/mol. The summed E-state index contributed by atoms with van der Waals surface area (Å²) >= 11 is 5.12. The molecule has 3 aromatic carbocycles. The molecule has 0 fully saturated rings. The highest BCUT2D eigenvalue weighted by Gasteiger charge is 2.23. The van der Waals surface area contributed by atoms with Gasteiger partial charge in [0.05, 0.1) is 12.7 Å². The van der Waals surface area contributed by atoms with Crippen molar-refractivity contribution in [1.82, 2.24) is 5.32 Å². The van der Waals surface area contributed by atoms with Crippen LogP contribution >= 0.6 is 27.7 Å². The summed E-state index contributed by atoms with van der Waals surface area (Å²) in [5.74, 6) is -0.759. The van der Waals surface area contributed by atoms with Crippen LogP contribution in [0.15, 0.2) is 71.2 Å². The van der Waals surface area contributed by atoms with Crippen molar-refractivity contribution in [3.05, 3.63) is 93.5 Å². The van der Waals surface area contributed by atoms with Gasteiger partial charge in [0.2, 0.25) is 0 Å². The Morgan fingerprint density at radius 1 is 1.00 bits per heavy atom. The lowest BCUT2D eigenvalue weighted by atomic mass is 9.93. The first-order chi connectivity index (χ1) is 18.8. The highest BCUT2D eigenvalue weighted by atomic mass is 79.9. The number of carbonyl (C=O) groups excluding carboxylic acids is 1. The summed E-state index contributed by atoms with van der Waals surface area (Å²) in [5, 5.41) is 12.4. The fourth-order valence-corrected chi connectivity index (χ4v) is 5.44. The van der Waals surface area contributed by atoms with Crippen LogP contribution in [-0.2, 0) is 22.6 Å². The number of nitrogens with one attached hydrogen (secondary N) is 1.